The largest absolute Gasteiger partial charge is 0.489 e. The quantitative estimate of drug-likeness (QED) is 0.185. The number of halogens is 4. The van der Waals surface area contributed by atoms with Gasteiger partial charge in [-0.3, -0.25) is 9.69 Å². The first-order valence-electron chi connectivity index (χ1n) is 11.2. The molecule has 13 heteroatoms. The topological polar surface area (TPSA) is 120 Å². The Morgan fingerprint density at radius 1 is 1.08 bits per heavy atom. The molecule has 0 fully saturated rings. The van der Waals surface area contributed by atoms with Crippen LogP contribution in [0.25, 0.3) is 10.9 Å². The van der Waals surface area contributed by atoms with Crippen molar-refractivity contribution in [3.63, 3.8) is 0 Å². The number of carbonyl (C=O) groups is 1. The highest BCUT2D eigenvalue weighted by molar-refractivity contribution is 6.42. The Morgan fingerprint density at radius 3 is 2.51 bits per heavy atom. The second-order valence-electron chi connectivity index (χ2n) is 7.64. The van der Waals surface area contributed by atoms with Crippen LogP contribution < -0.4 is 15.4 Å². The average molecular weight is 556 g/mol. The zero-order valence-electron chi connectivity index (χ0n) is 19.6. The van der Waals surface area contributed by atoms with Crippen LogP contribution in [0.4, 0.5) is 26.0 Å². The van der Waals surface area contributed by atoms with Gasteiger partial charge in [0.15, 0.2) is 0 Å². The third-order valence-corrected chi connectivity index (χ3v) is 5.78. The molecule has 37 heavy (non-hydrogen) atoms. The summed E-state index contributed by atoms with van der Waals surface area (Å²) in [5.74, 6) is -0.757. The number of ether oxygens (including phenoxy) is 1. The fourth-order valence-corrected chi connectivity index (χ4v) is 3.67. The number of carbonyl (C=O) groups excluding carboxylic acids is 1. The summed E-state index contributed by atoms with van der Waals surface area (Å²) in [5, 5.41) is 24.3. The molecule has 3 aromatic rings. The maximum Gasteiger partial charge on any atom is 0.248 e. The third kappa shape index (κ3) is 7.94. The number of aliphatic hydroxyl groups excluding tert-OH is 2. The zero-order chi connectivity index (χ0) is 26.8. The molecule has 0 radical (unpaired) electrons. The lowest BCUT2D eigenvalue weighted by molar-refractivity contribution is -0.111. The van der Waals surface area contributed by atoms with Crippen LogP contribution in [0.3, 0.4) is 0 Å². The molecule has 0 aliphatic heterocycles. The van der Waals surface area contributed by atoms with E-state index in [4.69, 9.17) is 38.2 Å². The van der Waals surface area contributed by atoms with Crippen LogP contribution in [-0.4, -0.2) is 77.1 Å². The van der Waals surface area contributed by atoms with Gasteiger partial charge in [-0.15, -0.1) is 0 Å². The molecule has 9 nitrogen and oxygen atoms in total. The second kappa shape index (κ2) is 14.0. The van der Waals surface area contributed by atoms with E-state index in [1.54, 1.807) is 11.0 Å². The molecule has 198 valence electrons. The SMILES string of the molecule is O=C(/C=C/CN(CCO)CCO)Nc1cc2c(Nc3cc(Cl)c(Cl)cc3F)ncnc2cc1OCCF. The standard InChI is InChI=1S/C24H25Cl2F2N5O4/c25-16-11-18(28)20(12-17(16)26)32-24-15-10-21(22(37-9-3-27)13-19(15)29-14-30-24)31-23(36)2-1-4-33(5-7-34)6-8-35/h1-2,10-14,34-35H,3-9H2,(H,31,36)(H,29,30,32)/b2-1+. The number of nitrogens with one attached hydrogen (secondary N) is 2. The van der Waals surface area contributed by atoms with E-state index in [9.17, 15) is 13.6 Å². The third-order valence-electron chi connectivity index (χ3n) is 5.06. The molecule has 2 aromatic carbocycles. The highest BCUT2D eigenvalue weighted by Crippen LogP contribution is 2.35. The van der Waals surface area contributed by atoms with Crippen LogP contribution in [0.5, 0.6) is 5.75 Å². The lowest BCUT2D eigenvalue weighted by atomic mass is 10.1. The van der Waals surface area contributed by atoms with Crippen molar-refractivity contribution < 1.29 is 28.5 Å². The van der Waals surface area contributed by atoms with Crippen molar-refractivity contribution in [1.82, 2.24) is 14.9 Å². The smallest absolute Gasteiger partial charge is 0.248 e. The summed E-state index contributed by atoms with van der Waals surface area (Å²) in [4.78, 5) is 22.7. The molecular formula is C24H25Cl2F2N5O4. The number of hydrogen-bond acceptors (Lipinski definition) is 8. The van der Waals surface area contributed by atoms with E-state index < -0.39 is 18.4 Å². The maximum absolute atomic E-state index is 14.4. The molecule has 1 aromatic heterocycles. The molecule has 1 amide bonds. The first kappa shape index (κ1) is 28.5. The lowest BCUT2D eigenvalue weighted by Crippen LogP contribution is -2.30. The molecule has 0 saturated heterocycles. The molecule has 0 bridgehead atoms. The van der Waals surface area contributed by atoms with Gasteiger partial charge in [-0.1, -0.05) is 29.3 Å². The summed E-state index contributed by atoms with van der Waals surface area (Å²) in [7, 11) is 0. The Bertz CT molecular complexity index is 1260. The minimum Gasteiger partial charge on any atom is -0.489 e. The highest BCUT2D eigenvalue weighted by Gasteiger charge is 2.15. The molecule has 1 heterocycles. The van der Waals surface area contributed by atoms with Gasteiger partial charge in [-0.05, 0) is 18.2 Å². The van der Waals surface area contributed by atoms with Gasteiger partial charge in [-0.2, -0.15) is 0 Å². The number of hydrogen-bond donors (Lipinski definition) is 4. The van der Waals surface area contributed by atoms with Crippen molar-refractivity contribution in [1.29, 1.82) is 0 Å². The summed E-state index contributed by atoms with van der Waals surface area (Å²) in [6, 6.07) is 5.41. The molecule has 0 aliphatic carbocycles. The first-order chi connectivity index (χ1) is 17.9. The van der Waals surface area contributed by atoms with E-state index in [2.05, 4.69) is 20.6 Å². The number of alkyl halides is 1. The van der Waals surface area contributed by atoms with Crippen molar-refractivity contribution in [2.45, 2.75) is 0 Å². The number of fused-ring (bicyclic) bond motifs is 1. The van der Waals surface area contributed by atoms with E-state index >= 15 is 0 Å². The number of aromatic nitrogens is 2. The molecule has 4 N–H and O–H groups in total. The Labute approximate surface area is 221 Å². The van der Waals surface area contributed by atoms with Gasteiger partial charge in [0.1, 0.15) is 37.0 Å². The number of rotatable bonds is 13. The second-order valence-corrected chi connectivity index (χ2v) is 8.45. The number of nitrogens with zero attached hydrogens (tertiary/aromatic N) is 3. The molecular weight excluding hydrogens is 531 g/mol. The van der Waals surface area contributed by atoms with Crippen LogP contribution in [-0.2, 0) is 4.79 Å². The summed E-state index contributed by atoms with van der Waals surface area (Å²) >= 11 is 11.9. The molecule has 0 spiro atoms. The number of aliphatic hydroxyl groups is 2. The van der Waals surface area contributed by atoms with Gasteiger partial charge < -0.3 is 25.6 Å². The highest BCUT2D eigenvalue weighted by atomic mass is 35.5. The molecule has 0 saturated carbocycles. The van der Waals surface area contributed by atoms with Crippen LogP contribution in [0.2, 0.25) is 10.0 Å². The molecule has 0 atom stereocenters. The molecule has 3 rings (SSSR count). The van der Waals surface area contributed by atoms with Gasteiger partial charge in [0.05, 0.1) is 40.2 Å². The van der Waals surface area contributed by atoms with Gasteiger partial charge in [0, 0.05) is 37.2 Å². The molecule has 0 aliphatic rings. The Morgan fingerprint density at radius 2 is 1.81 bits per heavy atom. The minimum atomic E-state index is -0.746. The van der Waals surface area contributed by atoms with Crippen LogP contribution >= 0.6 is 23.2 Å². The Balaban J connectivity index is 1.90. The van der Waals surface area contributed by atoms with Crippen molar-refractivity contribution in [2.24, 2.45) is 0 Å². The predicted molar refractivity (Wildman–Crippen MR) is 139 cm³/mol. The maximum atomic E-state index is 14.4. The fourth-order valence-electron chi connectivity index (χ4n) is 3.36. The Hall–Kier alpha value is -3.09. The lowest BCUT2D eigenvalue weighted by Gasteiger charge is -2.17. The summed E-state index contributed by atoms with van der Waals surface area (Å²) in [6.45, 7) is -0.153. The van der Waals surface area contributed by atoms with Crippen molar-refractivity contribution in [2.75, 3.05) is 56.8 Å². The number of amides is 1. The van der Waals surface area contributed by atoms with Crippen LogP contribution in [0, 0.1) is 5.82 Å². The monoisotopic (exact) mass is 555 g/mol. The minimum absolute atomic E-state index is 0.0241. The van der Waals surface area contributed by atoms with Crippen molar-refractivity contribution in [3.8, 4) is 5.75 Å². The van der Waals surface area contributed by atoms with Gasteiger partial charge >= 0.3 is 0 Å². The fraction of sp³-hybridized carbons (Fsp3) is 0.292. The average Bonchev–Trinajstić information content (AvgIpc) is 2.86. The number of benzene rings is 2. The normalized spacial score (nSPS) is 11.4. The van der Waals surface area contributed by atoms with Gasteiger partial charge in [0.25, 0.3) is 0 Å². The summed E-state index contributed by atoms with van der Waals surface area (Å²) in [5.41, 5.74) is 0.630. The van der Waals surface area contributed by atoms with Crippen molar-refractivity contribution in [3.05, 3.63) is 58.6 Å². The van der Waals surface area contributed by atoms with E-state index in [0.29, 0.717) is 30.5 Å². The van der Waals surface area contributed by atoms with Crippen LogP contribution in [0.1, 0.15) is 0 Å². The van der Waals surface area contributed by atoms with Gasteiger partial charge in [0.2, 0.25) is 5.91 Å². The Kier molecular flexibility index (Phi) is 10.8. The van der Waals surface area contributed by atoms with E-state index in [1.165, 1.54) is 30.6 Å². The predicted octanol–water partition coefficient (Wildman–Crippen LogP) is 3.95. The van der Waals surface area contributed by atoms with Gasteiger partial charge in [-0.25, -0.2) is 18.7 Å². The van der Waals surface area contributed by atoms with E-state index in [0.717, 1.165) is 6.07 Å². The summed E-state index contributed by atoms with van der Waals surface area (Å²) in [6.07, 6.45) is 4.12. The number of anilines is 3. The van der Waals surface area contributed by atoms with Crippen molar-refractivity contribution >= 4 is 57.2 Å². The first-order valence-corrected chi connectivity index (χ1v) is 11.9. The van der Waals surface area contributed by atoms with Crippen LogP contribution in [0.15, 0.2) is 42.7 Å². The van der Waals surface area contributed by atoms with E-state index in [1.807, 2.05) is 0 Å². The zero-order valence-corrected chi connectivity index (χ0v) is 21.1. The molecule has 0 unspecified atom stereocenters. The van der Waals surface area contributed by atoms with E-state index in [-0.39, 0.29) is 52.8 Å². The summed E-state index contributed by atoms with van der Waals surface area (Å²) < 4.78 is 32.7.